The van der Waals surface area contributed by atoms with Crippen molar-refractivity contribution in [2.45, 2.75) is 0 Å². The average molecular weight is 148 g/mol. The van der Waals surface area contributed by atoms with Gasteiger partial charge in [0.05, 0.1) is 9.12 Å². The Balaban J connectivity index is 0. The van der Waals surface area contributed by atoms with Gasteiger partial charge >= 0.3 is 7.82 Å². The van der Waals surface area contributed by atoms with Crippen molar-refractivity contribution in [1.29, 1.82) is 0 Å². The number of rotatable bonds is 0. The second-order valence-corrected chi connectivity index (χ2v) is 1.54. The van der Waals surface area contributed by atoms with Crippen LogP contribution in [0, 0.1) is 0 Å². The number of hydrogen-bond acceptors (Lipinski definition) is 2. The van der Waals surface area contributed by atoms with Gasteiger partial charge in [0.15, 0.2) is 0 Å². The summed E-state index contributed by atoms with van der Waals surface area (Å²) in [5.74, 6) is 0. The Labute approximate surface area is 41.8 Å². The standard InChI is InChI=1S/H3O4P.H3OP/c1-5(2,3)4;1-2/h(H3,1,2,3,4);2H3. The van der Waals surface area contributed by atoms with Crippen LogP contribution in [-0.2, 0) is 9.13 Å². The Kier molecular flexibility index (Phi) is 6.65. The maximum atomic E-state index is 8.88. The molecule has 0 bridgehead atoms. The quantitative estimate of drug-likeness (QED) is 0.383. The fourth-order valence-electron chi connectivity index (χ4n) is 0. The molecule has 7 heavy (non-hydrogen) atoms. The molecule has 0 aliphatic carbocycles. The minimum Gasteiger partial charge on any atom is -0.333 e. The normalized spacial score (nSPS) is 9.57. The van der Waals surface area contributed by atoms with Crippen molar-refractivity contribution >= 4 is 16.9 Å². The van der Waals surface area contributed by atoms with E-state index in [2.05, 4.69) is 0 Å². The molecule has 7 heteroatoms. The van der Waals surface area contributed by atoms with Gasteiger partial charge in [0.25, 0.3) is 0 Å². The summed E-state index contributed by atoms with van der Waals surface area (Å²) in [6.07, 6.45) is 0. The fraction of sp³-hybridized carbons (Fsp3) is 0. The van der Waals surface area contributed by atoms with Gasteiger partial charge in [0.1, 0.15) is 0 Å². The highest BCUT2D eigenvalue weighted by atomic mass is 31.2. The van der Waals surface area contributed by atoms with E-state index in [9.17, 15) is 0 Å². The highest BCUT2D eigenvalue weighted by Gasteiger charge is 2.00. The highest BCUT2D eigenvalue weighted by molar-refractivity contribution is 7.45. The Morgan fingerprint density at radius 3 is 1.14 bits per heavy atom. The zero-order valence-electron chi connectivity index (χ0n) is 3.31. The molecule has 0 saturated carbocycles. The molecule has 0 amide bonds. The summed E-state index contributed by atoms with van der Waals surface area (Å²) in [7, 11) is -4.03. The van der Waals surface area contributed by atoms with Crippen LogP contribution >= 0.6 is 16.9 Å². The van der Waals surface area contributed by atoms with Crippen LogP contribution in [0.1, 0.15) is 0 Å². The van der Waals surface area contributed by atoms with E-state index in [1.165, 1.54) is 0 Å². The molecule has 0 spiro atoms. The maximum absolute atomic E-state index is 8.88. The Hall–Kier alpha value is 0.340. The van der Waals surface area contributed by atoms with E-state index in [0.717, 1.165) is 0 Å². The van der Waals surface area contributed by atoms with Gasteiger partial charge in [-0.05, 0) is 0 Å². The summed E-state index contributed by atoms with van der Waals surface area (Å²) < 4.78 is 17.2. The zero-order chi connectivity index (χ0) is 6.50. The lowest BCUT2D eigenvalue weighted by Gasteiger charge is -1.82. The highest BCUT2D eigenvalue weighted by Crippen LogP contribution is 2.25. The van der Waals surface area contributed by atoms with Crippen molar-refractivity contribution in [2.75, 3.05) is 0 Å². The first-order valence-corrected chi connectivity index (χ1v) is 3.21. The maximum Gasteiger partial charge on any atom is 0.466 e. The summed E-state index contributed by atoms with van der Waals surface area (Å²) in [5.41, 5.74) is 0. The molecule has 0 saturated heterocycles. The van der Waals surface area contributed by atoms with Crippen molar-refractivity contribution in [3.8, 4) is 0 Å². The second kappa shape index (κ2) is 4.50. The Morgan fingerprint density at radius 2 is 1.14 bits per heavy atom. The molecule has 46 valence electrons. The first-order valence-electron chi connectivity index (χ1n) is 1.07. The van der Waals surface area contributed by atoms with Crippen molar-refractivity contribution in [2.24, 2.45) is 0 Å². The van der Waals surface area contributed by atoms with Crippen LogP contribution < -0.4 is 0 Å². The largest absolute Gasteiger partial charge is 0.466 e. The summed E-state index contributed by atoms with van der Waals surface area (Å²) in [5, 5.41) is 0. The van der Waals surface area contributed by atoms with E-state index < -0.39 is 7.82 Å². The molecule has 0 radical (unpaired) electrons. The SMILES string of the molecule is O=P(O)(O)O.O=[PH3]. The molecule has 3 N–H and O–H groups in total. The van der Waals surface area contributed by atoms with Gasteiger partial charge in [-0.3, -0.25) is 0 Å². The van der Waals surface area contributed by atoms with Crippen LogP contribution in [0.3, 0.4) is 0 Å². The van der Waals surface area contributed by atoms with Gasteiger partial charge < -0.3 is 19.2 Å². The summed E-state index contributed by atoms with van der Waals surface area (Å²) >= 11 is 0. The average Bonchev–Trinajstić information content (AvgIpc) is 1.36. The lowest BCUT2D eigenvalue weighted by atomic mass is 15.8. The topological polar surface area (TPSA) is 94.8 Å². The van der Waals surface area contributed by atoms with Gasteiger partial charge in [-0.15, -0.1) is 0 Å². The van der Waals surface area contributed by atoms with Crippen LogP contribution in [0.5, 0.6) is 0 Å². The third kappa shape index (κ3) is 1030. The smallest absolute Gasteiger partial charge is 0.333 e. The lowest BCUT2D eigenvalue weighted by molar-refractivity contribution is 0.275. The molecule has 1 unspecified atom stereocenters. The molecule has 0 heterocycles. The third-order valence-electron chi connectivity index (χ3n) is 0. The van der Waals surface area contributed by atoms with Crippen LogP contribution in [0.25, 0.3) is 0 Å². The molecule has 0 aliphatic rings. The molecule has 5 nitrogen and oxygen atoms in total. The first kappa shape index (κ1) is 10.3. The van der Waals surface area contributed by atoms with Gasteiger partial charge in [-0.2, -0.15) is 0 Å². The summed E-state index contributed by atoms with van der Waals surface area (Å²) in [4.78, 5) is 21.6. The predicted octanol–water partition coefficient (Wildman–Crippen LogP) is -0.989. The number of hydrogen-bond donors (Lipinski definition) is 3. The van der Waals surface area contributed by atoms with E-state index in [0.29, 0.717) is 9.12 Å². The molecule has 0 aromatic heterocycles. The molecule has 0 aromatic rings. The monoisotopic (exact) mass is 148 g/mol. The summed E-state index contributed by atoms with van der Waals surface area (Å²) in [6.45, 7) is 0. The first-order chi connectivity index (χ1) is 3.00. The lowest BCUT2D eigenvalue weighted by Crippen LogP contribution is -1.66. The fourth-order valence-corrected chi connectivity index (χ4v) is 0. The van der Waals surface area contributed by atoms with Crippen molar-refractivity contribution in [1.82, 2.24) is 0 Å². The van der Waals surface area contributed by atoms with E-state index in [1.807, 2.05) is 0 Å². The van der Waals surface area contributed by atoms with Crippen LogP contribution in [0.15, 0.2) is 0 Å². The Bertz CT molecular complexity index is 61.9. The molecule has 0 aromatic carbocycles. The van der Waals surface area contributed by atoms with E-state index in [1.54, 1.807) is 0 Å². The number of phosphoric acid groups is 1. The van der Waals surface area contributed by atoms with Gasteiger partial charge in [0.2, 0.25) is 0 Å². The van der Waals surface area contributed by atoms with Crippen LogP contribution in [0.2, 0.25) is 0 Å². The molecular weight excluding hydrogens is 142 g/mol. The molecule has 1 atom stereocenters. The van der Waals surface area contributed by atoms with Gasteiger partial charge in [-0.1, -0.05) is 0 Å². The third-order valence-corrected chi connectivity index (χ3v) is 0. The Morgan fingerprint density at radius 1 is 1.14 bits per heavy atom. The second-order valence-electron chi connectivity index (χ2n) is 0.513. The minimum absolute atomic E-state index is 0.611. The molecule has 0 aliphatic heterocycles. The van der Waals surface area contributed by atoms with Crippen LogP contribution in [-0.4, -0.2) is 14.7 Å². The molecular formula is H6O5P2. The summed E-state index contributed by atoms with van der Waals surface area (Å²) in [6, 6.07) is 0. The van der Waals surface area contributed by atoms with Crippen LogP contribution in [0.4, 0.5) is 0 Å². The van der Waals surface area contributed by atoms with Gasteiger partial charge in [0, 0.05) is 0 Å². The minimum atomic E-state index is -4.64. The zero-order valence-corrected chi connectivity index (χ0v) is 5.62. The predicted molar refractivity (Wildman–Crippen MR) is 26.1 cm³/mol. The van der Waals surface area contributed by atoms with E-state index >= 15 is 0 Å². The van der Waals surface area contributed by atoms with Crippen molar-refractivity contribution in [3.05, 3.63) is 0 Å². The molecule has 0 rings (SSSR count). The van der Waals surface area contributed by atoms with Crippen molar-refractivity contribution < 1.29 is 23.8 Å². The van der Waals surface area contributed by atoms with E-state index in [-0.39, 0.29) is 0 Å². The van der Waals surface area contributed by atoms with Gasteiger partial charge in [-0.25, -0.2) is 4.57 Å². The van der Waals surface area contributed by atoms with E-state index in [4.69, 9.17) is 23.8 Å². The van der Waals surface area contributed by atoms with Crippen molar-refractivity contribution in [3.63, 3.8) is 0 Å². The molecule has 0 fully saturated rings.